The quantitative estimate of drug-likeness (QED) is 0.0146. The van der Waals surface area contributed by atoms with Gasteiger partial charge in [0, 0.05) is 19.3 Å². The summed E-state index contributed by atoms with van der Waals surface area (Å²) in [6.07, 6.45) is 118. The van der Waals surface area contributed by atoms with Gasteiger partial charge in [-0.25, -0.2) is 9.13 Å². The molecule has 16 nitrogen and oxygen atoms in total. The summed E-state index contributed by atoms with van der Waals surface area (Å²) in [6.45, 7) is 2.47. The molecule has 686 valence electrons. The molecule has 18 heteroatoms. The second-order valence-corrected chi connectivity index (χ2v) is 35.0. The molecule has 0 aromatic carbocycles. The molecular formula is C101H176O16P2. The fourth-order valence-electron chi connectivity index (χ4n) is 13.3. The first kappa shape index (κ1) is 114. The molecule has 0 aliphatic rings. The molecule has 0 aliphatic carbocycles. The van der Waals surface area contributed by atoms with Gasteiger partial charge in [0.15, 0.2) is 6.10 Å². The van der Waals surface area contributed by atoms with Crippen LogP contribution in [-0.2, 0) is 55.8 Å². The van der Waals surface area contributed by atoms with Crippen LogP contribution in [0.1, 0.15) is 419 Å². The van der Waals surface area contributed by atoms with Crippen molar-refractivity contribution in [2.45, 2.75) is 437 Å². The fraction of sp³-hybridized carbons (Fsp3) is 0.733. The maximum atomic E-state index is 13.0. The van der Waals surface area contributed by atoms with Gasteiger partial charge in [0.25, 0.3) is 0 Å². The van der Waals surface area contributed by atoms with Crippen molar-refractivity contribution in [3.05, 3.63) is 146 Å². The smallest absolute Gasteiger partial charge is 0.463 e. The summed E-state index contributed by atoms with van der Waals surface area (Å²) in [5.74, 6) is -1.58. The molecule has 0 amide bonds. The Balaban J connectivity index is 4.40. The van der Waals surface area contributed by atoms with E-state index >= 15 is 0 Å². The van der Waals surface area contributed by atoms with Crippen LogP contribution in [0.25, 0.3) is 0 Å². The van der Waals surface area contributed by atoms with E-state index in [1.165, 1.54) is 218 Å². The zero-order chi connectivity index (χ0) is 86.5. The number of hydrogen-bond acceptors (Lipinski definition) is 14. The van der Waals surface area contributed by atoms with E-state index in [4.69, 9.17) is 32.3 Å². The van der Waals surface area contributed by atoms with Crippen molar-refractivity contribution >= 4 is 33.6 Å². The van der Waals surface area contributed by atoms with Gasteiger partial charge in [-0.05, 0) is 141 Å². The molecule has 0 aromatic heterocycles. The number of rotatable bonds is 91. The molecule has 0 bridgehead atoms. The van der Waals surface area contributed by atoms with Crippen molar-refractivity contribution in [3.8, 4) is 0 Å². The van der Waals surface area contributed by atoms with Gasteiger partial charge in [-0.1, -0.05) is 404 Å². The van der Waals surface area contributed by atoms with E-state index in [1.54, 1.807) is 0 Å². The minimum absolute atomic E-state index is 0.0850. The number of aliphatic hydroxyl groups excluding tert-OH is 2. The Bertz CT molecular complexity index is 2740. The molecule has 5 unspecified atom stereocenters. The van der Waals surface area contributed by atoms with Gasteiger partial charge in [-0.15, -0.1) is 0 Å². The monoisotopic (exact) mass is 1710 g/mol. The molecule has 0 aliphatic heterocycles. The van der Waals surface area contributed by atoms with Crippen LogP contribution in [0, 0.1) is 0 Å². The highest BCUT2D eigenvalue weighted by Crippen LogP contribution is 2.45. The van der Waals surface area contributed by atoms with E-state index in [0.717, 1.165) is 141 Å². The predicted molar refractivity (Wildman–Crippen MR) is 500 cm³/mol. The topological polar surface area (TPSA) is 231 Å². The number of aliphatic hydroxyl groups is 2. The number of unbranched alkanes of at least 4 members (excludes halogenated alkanes) is 44. The number of phosphoric acid groups is 2. The maximum absolute atomic E-state index is 13.0. The van der Waals surface area contributed by atoms with Crippen LogP contribution in [0.2, 0.25) is 0 Å². The van der Waals surface area contributed by atoms with E-state index in [9.17, 15) is 43.5 Å². The third kappa shape index (κ3) is 94.0. The van der Waals surface area contributed by atoms with Gasteiger partial charge in [0.1, 0.15) is 25.4 Å². The predicted octanol–water partition coefficient (Wildman–Crippen LogP) is 29.9. The van der Waals surface area contributed by atoms with Crippen molar-refractivity contribution in [1.82, 2.24) is 0 Å². The zero-order valence-corrected chi connectivity index (χ0v) is 77.5. The van der Waals surface area contributed by atoms with Gasteiger partial charge in [-0.3, -0.25) is 32.5 Å². The molecule has 0 heterocycles. The van der Waals surface area contributed by atoms with Crippen LogP contribution in [0.3, 0.4) is 0 Å². The van der Waals surface area contributed by atoms with Crippen LogP contribution in [-0.4, -0.2) is 95.9 Å². The Morgan fingerprint density at radius 2 is 0.445 bits per heavy atom. The molecule has 0 aromatic rings. The van der Waals surface area contributed by atoms with Gasteiger partial charge < -0.3 is 34.2 Å². The Hall–Kier alpha value is -4.57. The standard InChI is InChI=1S/C101H176O16P2/c1-4-7-10-13-16-19-22-25-28-30-32-34-36-38-40-42-44-46-47-49-51-52-54-56-58-60-62-64-67-69-72-75-78-81-84-87-99(104)111-90-96(102)91-113-118(107,108)114-92-97(103)93-115-119(109,110)116-95-98(117-101(106)89-86-83-80-77-74-71-66-27-24-21-18-15-12-9-6-3)94-112-100(105)88-85-82-79-76-73-70-68-65-63-61-59-57-55-53-50-48-45-43-41-39-37-35-33-31-29-26-23-20-17-14-11-8-5-2/h7,9-10,12,16-21,25-29,32-35,38-41,66,96-98,102-103H,4-6,8,11,13-15,22-24,30-31,36-37,42-65,67-95H2,1-3H3,(H,107,108)(H,109,110)/b10-7-,12-9-,19-16-,20-17-,21-18-,28-25-,29-26-,34-32-,35-33-,40-38-,41-39-,66-27-. The first-order valence-electron chi connectivity index (χ1n) is 48.1. The summed E-state index contributed by atoms with van der Waals surface area (Å²) >= 11 is 0. The van der Waals surface area contributed by atoms with Gasteiger partial charge in [0.2, 0.25) is 0 Å². The summed E-state index contributed by atoms with van der Waals surface area (Å²) in [4.78, 5) is 59.0. The van der Waals surface area contributed by atoms with Crippen molar-refractivity contribution in [2.75, 3.05) is 39.6 Å². The lowest BCUT2D eigenvalue weighted by Gasteiger charge is -2.21. The number of allylic oxidation sites excluding steroid dienone is 24. The molecule has 5 atom stereocenters. The average Bonchev–Trinajstić information content (AvgIpc) is 0.898. The van der Waals surface area contributed by atoms with Crippen molar-refractivity contribution < 1.29 is 75.8 Å². The van der Waals surface area contributed by atoms with Gasteiger partial charge in [0.05, 0.1) is 26.4 Å². The third-order valence-electron chi connectivity index (χ3n) is 20.5. The number of hydrogen-bond donors (Lipinski definition) is 4. The number of phosphoric ester groups is 2. The summed E-state index contributed by atoms with van der Waals surface area (Å²) in [6, 6.07) is 0. The molecule has 0 radical (unpaired) electrons. The second kappa shape index (κ2) is 92.6. The Morgan fingerprint density at radius 1 is 0.244 bits per heavy atom. The first-order chi connectivity index (χ1) is 58.2. The van der Waals surface area contributed by atoms with Crippen molar-refractivity contribution in [1.29, 1.82) is 0 Å². The summed E-state index contributed by atoms with van der Waals surface area (Å²) < 4.78 is 61.4. The lowest BCUT2D eigenvalue weighted by atomic mass is 10.0. The maximum Gasteiger partial charge on any atom is 0.472 e. The van der Waals surface area contributed by atoms with Crippen LogP contribution < -0.4 is 0 Å². The van der Waals surface area contributed by atoms with E-state index < -0.39 is 91.5 Å². The molecule has 0 saturated heterocycles. The average molecular weight is 1710 g/mol. The highest BCUT2D eigenvalue weighted by molar-refractivity contribution is 7.47. The number of esters is 3. The second-order valence-electron chi connectivity index (χ2n) is 32.1. The number of carbonyl (C=O) groups excluding carboxylic acids is 3. The summed E-state index contributed by atoms with van der Waals surface area (Å²) in [5, 5.41) is 20.7. The minimum Gasteiger partial charge on any atom is -0.463 e. The third-order valence-corrected chi connectivity index (χ3v) is 22.4. The highest BCUT2D eigenvalue weighted by Gasteiger charge is 2.30. The molecule has 0 rings (SSSR count). The largest absolute Gasteiger partial charge is 0.472 e. The van der Waals surface area contributed by atoms with Crippen LogP contribution >= 0.6 is 15.6 Å². The SMILES string of the molecule is CC/C=C\C/C=C\C/C=C\C/C=C\C/C=C\CCCCCCCCCCCCCCCCCCCCCC(=O)OCC(O)COP(=O)(O)OCC(O)COP(=O)(O)OCC(COC(=O)CCCCCCCCCCCCCCCCCCC/C=C\C/C=C\C/C=C\C/C=C\CCCCC)OC(=O)CCCCCCC/C=C\C/C=C\C/C=C\CC. The lowest BCUT2D eigenvalue weighted by Crippen LogP contribution is -2.30. The number of carbonyl (C=O) groups is 3. The Labute approximate surface area is 728 Å². The van der Waals surface area contributed by atoms with Gasteiger partial charge in [-0.2, -0.15) is 0 Å². The molecule has 0 fully saturated rings. The van der Waals surface area contributed by atoms with Gasteiger partial charge >= 0.3 is 33.6 Å². The molecule has 4 N–H and O–H groups in total. The normalized spacial score (nSPS) is 14.4. The van der Waals surface area contributed by atoms with Crippen LogP contribution in [0.15, 0.2) is 146 Å². The molecule has 0 saturated carbocycles. The van der Waals surface area contributed by atoms with Crippen molar-refractivity contribution in [2.24, 2.45) is 0 Å². The Kier molecular flexibility index (Phi) is 89.1. The van der Waals surface area contributed by atoms with E-state index in [0.29, 0.717) is 19.3 Å². The summed E-state index contributed by atoms with van der Waals surface area (Å²) in [7, 11) is -9.81. The zero-order valence-electron chi connectivity index (χ0n) is 75.8. The van der Waals surface area contributed by atoms with E-state index in [2.05, 4.69) is 167 Å². The molecule has 0 spiro atoms. The molecular weight excluding hydrogens is 1530 g/mol. The summed E-state index contributed by atoms with van der Waals surface area (Å²) in [5.41, 5.74) is 0. The van der Waals surface area contributed by atoms with Crippen molar-refractivity contribution in [3.63, 3.8) is 0 Å². The van der Waals surface area contributed by atoms with E-state index in [1.807, 2.05) is 0 Å². The fourth-order valence-corrected chi connectivity index (χ4v) is 14.9. The van der Waals surface area contributed by atoms with E-state index in [-0.39, 0.29) is 19.3 Å². The molecule has 119 heavy (non-hydrogen) atoms. The first-order valence-corrected chi connectivity index (χ1v) is 51.1. The highest BCUT2D eigenvalue weighted by atomic mass is 31.2. The van der Waals surface area contributed by atoms with Crippen LogP contribution in [0.5, 0.6) is 0 Å². The minimum atomic E-state index is -4.94. The Morgan fingerprint density at radius 3 is 0.706 bits per heavy atom. The number of ether oxygens (including phenoxy) is 3. The van der Waals surface area contributed by atoms with Crippen LogP contribution in [0.4, 0.5) is 0 Å². The lowest BCUT2D eigenvalue weighted by molar-refractivity contribution is -0.161.